The molecule has 1 aliphatic rings. The molecule has 1 aromatic carbocycles. The number of anilines is 1. The smallest absolute Gasteiger partial charge is 0.300 e. The lowest BCUT2D eigenvalue weighted by Crippen LogP contribution is -2.58. The molecule has 136 valence electrons. The van der Waals surface area contributed by atoms with Crippen molar-refractivity contribution in [3.05, 3.63) is 34.9 Å². The maximum absolute atomic E-state index is 10.3. The zero-order valence-corrected chi connectivity index (χ0v) is 15.8. The Morgan fingerprint density at radius 3 is 2.77 bits per heavy atom. The van der Waals surface area contributed by atoms with Crippen molar-refractivity contribution in [2.24, 2.45) is 0 Å². The van der Waals surface area contributed by atoms with Gasteiger partial charge in [-0.25, -0.2) is 4.98 Å². The molecule has 1 saturated heterocycles. The first-order valence-corrected chi connectivity index (χ1v) is 9.06. The Hall–Kier alpha value is -2.31. The number of pyridine rings is 1. The van der Waals surface area contributed by atoms with Gasteiger partial charge >= 0.3 is 0 Å². The van der Waals surface area contributed by atoms with Gasteiger partial charge in [-0.1, -0.05) is 18.5 Å². The van der Waals surface area contributed by atoms with Gasteiger partial charge in [0, 0.05) is 30.7 Å². The maximum atomic E-state index is 10.3. The lowest BCUT2D eigenvalue weighted by molar-refractivity contribution is 0.153. The third-order valence-electron chi connectivity index (χ3n) is 5.01. The van der Waals surface area contributed by atoms with Crippen molar-refractivity contribution in [2.75, 3.05) is 31.6 Å². The van der Waals surface area contributed by atoms with Crippen LogP contribution in [-0.2, 0) is 0 Å². The van der Waals surface area contributed by atoms with E-state index in [1.54, 1.807) is 6.07 Å². The number of halogens is 1. The van der Waals surface area contributed by atoms with Crippen LogP contribution in [0.25, 0.3) is 22.5 Å². The Kier molecular flexibility index (Phi) is 4.25. The van der Waals surface area contributed by atoms with Crippen LogP contribution in [0.1, 0.15) is 12.5 Å². The van der Waals surface area contributed by atoms with Crippen molar-refractivity contribution < 1.29 is 9.52 Å². The molecule has 0 amide bonds. The van der Waals surface area contributed by atoms with E-state index in [0.29, 0.717) is 39.6 Å². The van der Waals surface area contributed by atoms with Gasteiger partial charge in [0.2, 0.25) is 5.65 Å². The summed E-state index contributed by atoms with van der Waals surface area (Å²) in [5.74, 6) is 0.108. The van der Waals surface area contributed by atoms with E-state index in [1.165, 1.54) is 6.07 Å². The number of hydrogen-bond donors (Lipinski definition) is 1. The van der Waals surface area contributed by atoms with Crippen LogP contribution in [0, 0.1) is 6.92 Å². The van der Waals surface area contributed by atoms with E-state index in [9.17, 15) is 5.11 Å². The Balaban J connectivity index is 1.67. The number of aryl methyl sites for hydroxylation is 1. The van der Waals surface area contributed by atoms with Crippen molar-refractivity contribution in [3.63, 3.8) is 0 Å². The topological polar surface area (TPSA) is 65.6 Å². The molecule has 1 N–H and O–H groups in total. The van der Waals surface area contributed by atoms with Crippen molar-refractivity contribution in [1.82, 2.24) is 14.9 Å². The highest BCUT2D eigenvalue weighted by molar-refractivity contribution is 6.31. The number of phenols is 1. The van der Waals surface area contributed by atoms with E-state index < -0.39 is 0 Å². The molecule has 7 heteroatoms. The zero-order valence-electron chi connectivity index (χ0n) is 15.0. The minimum absolute atomic E-state index is 0.108. The number of aromatic nitrogens is 2. The molecule has 1 fully saturated rings. The second kappa shape index (κ2) is 6.45. The standard InChI is InChI=1S/C19H21ClN4O2/c1-4-24-9-13(10-24)23(3)19-22-18-16(26-19)6-5-14(21-18)17-11(2)7-12(20)8-15(17)25/h5-8,13,25H,4,9-10H2,1-3H3. The van der Waals surface area contributed by atoms with E-state index >= 15 is 0 Å². The number of rotatable bonds is 4. The number of oxazole rings is 1. The summed E-state index contributed by atoms with van der Waals surface area (Å²) < 4.78 is 5.88. The molecular formula is C19H21ClN4O2. The number of benzene rings is 1. The van der Waals surface area contributed by atoms with E-state index in [2.05, 4.69) is 26.7 Å². The van der Waals surface area contributed by atoms with Gasteiger partial charge < -0.3 is 14.4 Å². The summed E-state index contributed by atoms with van der Waals surface area (Å²) in [6.45, 7) is 7.15. The average molecular weight is 373 g/mol. The quantitative estimate of drug-likeness (QED) is 0.753. The first-order valence-electron chi connectivity index (χ1n) is 8.68. The minimum Gasteiger partial charge on any atom is -0.507 e. The summed E-state index contributed by atoms with van der Waals surface area (Å²) in [6, 6.07) is 7.98. The Labute approximate surface area is 157 Å². The molecule has 0 unspecified atom stereocenters. The fourth-order valence-electron chi connectivity index (χ4n) is 3.36. The van der Waals surface area contributed by atoms with Crippen LogP contribution >= 0.6 is 11.6 Å². The number of nitrogens with zero attached hydrogens (tertiary/aromatic N) is 4. The van der Waals surface area contributed by atoms with E-state index in [-0.39, 0.29) is 5.75 Å². The van der Waals surface area contributed by atoms with Crippen molar-refractivity contribution in [3.8, 4) is 17.0 Å². The molecule has 0 radical (unpaired) electrons. The molecular weight excluding hydrogens is 352 g/mol. The highest BCUT2D eigenvalue weighted by atomic mass is 35.5. The van der Waals surface area contributed by atoms with E-state index in [0.717, 1.165) is 25.2 Å². The van der Waals surface area contributed by atoms with Gasteiger partial charge in [-0.2, -0.15) is 4.98 Å². The van der Waals surface area contributed by atoms with Gasteiger partial charge in [-0.15, -0.1) is 0 Å². The summed E-state index contributed by atoms with van der Waals surface area (Å²) in [5, 5.41) is 10.8. The highest BCUT2D eigenvalue weighted by Crippen LogP contribution is 2.35. The van der Waals surface area contributed by atoms with Crippen molar-refractivity contribution in [2.45, 2.75) is 19.9 Å². The minimum atomic E-state index is 0.108. The lowest BCUT2D eigenvalue weighted by Gasteiger charge is -2.42. The van der Waals surface area contributed by atoms with Gasteiger partial charge in [0.1, 0.15) is 5.75 Å². The van der Waals surface area contributed by atoms with Crippen molar-refractivity contribution >= 4 is 28.8 Å². The van der Waals surface area contributed by atoms with Crippen molar-refractivity contribution in [1.29, 1.82) is 0 Å². The Morgan fingerprint density at radius 2 is 2.08 bits per heavy atom. The van der Waals surface area contributed by atoms with Gasteiger partial charge in [-0.05, 0) is 43.3 Å². The fraction of sp³-hybridized carbons (Fsp3) is 0.368. The van der Waals surface area contributed by atoms with E-state index in [4.69, 9.17) is 16.0 Å². The average Bonchev–Trinajstić information content (AvgIpc) is 2.96. The molecule has 6 nitrogen and oxygen atoms in total. The normalized spacial score (nSPS) is 15.4. The predicted octanol–water partition coefficient (Wildman–Crippen LogP) is 3.70. The summed E-state index contributed by atoms with van der Waals surface area (Å²) in [7, 11) is 2.00. The Bertz CT molecular complexity index is 942. The number of likely N-dealkylation sites (tertiary alicyclic amines) is 1. The summed E-state index contributed by atoms with van der Waals surface area (Å²) in [4.78, 5) is 13.6. The second-order valence-corrected chi connectivity index (χ2v) is 7.18. The van der Waals surface area contributed by atoms with E-state index in [1.807, 2.05) is 26.1 Å². The largest absolute Gasteiger partial charge is 0.507 e. The molecule has 26 heavy (non-hydrogen) atoms. The molecule has 0 aliphatic carbocycles. The lowest BCUT2D eigenvalue weighted by atomic mass is 10.0. The van der Waals surface area contributed by atoms with Gasteiger partial charge in [-0.3, -0.25) is 4.90 Å². The number of phenolic OH excluding ortho intramolecular Hbond substituents is 1. The maximum Gasteiger partial charge on any atom is 0.300 e. The molecule has 2 aromatic heterocycles. The number of fused-ring (bicyclic) bond motifs is 1. The van der Waals surface area contributed by atoms with Crippen LogP contribution in [0.15, 0.2) is 28.7 Å². The van der Waals surface area contributed by atoms with Gasteiger partial charge in [0.15, 0.2) is 5.58 Å². The highest BCUT2D eigenvalue weighted by Gasteiger charge is 2.31. The molecule has 0 bridgehead atoms. The zero-order chi connectivity index (χ0) is 18.4. The van der Waals surface area contributed by atoms with Crippen LogP contribution in [0.5, 0.6) is 5.75 Å². The fourth-order valence-corrected chi connectivity index (χ4v) is 3.62. The summed E-state index contributed by atoms with van der Waals surface area (Å²) in [5.41, 5.74) is 3.33. The first-order chi connectivity index (χ1) is 12.5. The number of aromatic hydroxyl groups is 1. The SMILES string of the molecule is CCN1CC(N(C)c2nc3nc(-c4c(C)cc(Cl)cc4O)ccc3o2)C1. The molecule has 3 aromatic rings. The third kappa shape index (κ3) is 2.89. The van der Waals surface area contributed by atoms with Crippen LogP contribution in [0.3, 0.4) is 0 Å². The van der Waals surface area contributed by atoms with Crippen LogP contribution in [0.2, 0.25) is 5.02 Å². The van der Waals surface area contributed by atoms with Gasteiger partial charge in [0.25, 0.3) is 6.01 Å². The Morgan fingerprint density at radius 1 is 1.31 bits per heavy atom. The first kappa shape index (κ1) is 17.1. The summed E-state index contributed by atoms with van der Waals surface area (Å²) >= 11 is 6.00. The molecule has 0 saturated carbocycles. The monoisotopic (exact) mass is 372 g/mol. The number of likely N-dealkylation sites (N-methyl/N-ethyl adjacent to an activating group) is 2. The molecule has 4 rings (SSSR count). The van der Waals surface area contributed by atoms with Crippen LogP contribution in [-0.4, -0.2) is 52.7 Å². The molecule has 0 spiro atoms. The second-order valence-electron chi connectivity index (χ2n) is 6.75. The summed E-state index contributed by atoms with van der Waals surface area (Å²) in [6.07, 6.45) is 0. The molecule has 1 aliphatic heterocycles. The molecule has 3 heterocycles. The van der Waals surface area contributed by atoms with Crippen LogP contribution < -0.4 is 4.90 Å². The van der Waals surface area contributed by atoms with Gasteiger partial charge in [0.05, 0.1) is 11.7 Å². The number of hydrogen-bond acceptors (Lipinski definition) is 6. The third-order valence-corrected chi connectivity index (χ3v) is 5.23. The van der Waals surface area contributed by atoms with Crippen LogP contribution in [0.4, 0.5) is 6.01 Å². The molecule has 0 atom stereocenters. The predicted molar refractivity (Wildman–Crippen MR) is 103 cm³/mol.